The van der Waals surface area contributed by atoms with Crippen LogP contribution in [0.25, 0.3) is 0 Å². The summed E-state index contributed by atoms with van der Waals surface area (Å²) in [7, 11) is 5.69. The summed E-state index contributed by atoms with van der Waals surface area (Å²) in [5, 5.41) is 6.81. The Labute approximate surface area is 181 Å². The predicted octanol–water partition coefficient (Wildman–Crippen LogP) is 2.79. The Morgan fingerprint density at radius 2 is 2.04 bits per heavy atom. The van der Waals surface area contributed by atoms with Gasteiger partial charge in [0.1, 0.15) is 12.4 Å². The Morgan fingerprint density at radius 1 is 1.30 bits per heavy atom. The van der Waals surface area contributed by atoms with Crippen molar-refractivity contribution in [2.45, 2.75) is 45.3 Å². The van der Waals surface area contributed by atoms with E-state index in [4.69, 9.17) is 9.47 Å². The molecule has 0 aromatic heterocycles. The third-order valence-electron chi connectivity index (χ3n) is 4.82. The van der Waals surface area contributed by atoms with Crippen LogP contribution in [-0.4, -0.2) is 63.9 Å². The normalized spacial score (nSPS) is 15.3. The first-order valence-electron chi connectivity index (χ1n) is 9.42. The molecule has 1 aromatic carbocycles. The molecule has 154 valence electrons. The van der Waals surface area contributed by atoms with Crippen molar-refractivity contribution in [3.05, 3.63) is 29.3 Å². The zero-order chi connectivity index (χ0) is 18.9. The number of benzene rings is 1. The lowest BCUT2D eigenvalue weighted by Gasteiger charge is -2.25. The van der Waals surface area contributed by atoms with Crippen molar-refractivity contribution in [3.63, 3.8) is 0 Å². The maximum atomic E-state index is 5.86. The molecule has 1 unspecified atom stereocenters. The van der Waals surface area contributed by atoms with Crippen molar-refractivity contribution in [3.8, 4) is 5.75 Å². The molecule has 1 aliphatic rings. The number of aliphatic imine (C=N–C) groups is 1. The van der Waals surface area contributed by atoms with Crippen LogP contribution in [0.4, 0.5) is 0 Å². The molecule has 6 nitrogen and oxygen atoms in total. The van der Waals surface area contributed by atoms with Gasteiger partial charge in [-0.25, -0.2) is 0 Å². The molecule has 1 fully saturated rings. The number of rotatable bonds is 10. The standard InChI is InChI=1S/C20H34N4O2.HI/c1-15-6-7-17(19(12-15)26-11-10-25-5)14-23-20(21-3)22-13-16(2)24(4)18-8-9-18;/h6-7,12,16,18H,8-11,13-14H2,1-5H3,(H2,21,22,23);1H. The largest absolute Gasteiger partial charge is 0.491 e. The summed E-state index contributed by atoms with van der Waals surface area (Å²) in [6.45, 7) is 6.98. The average Bonchev–Trinajstić information content (AvgIpc) is 3.47. The van der Waals surface area contributed by atoms with E-state index in [1.54, 1.807) is 14.2 Å². The first-order chi connectivity index (χ1) is 12.5. The SMILES string of the molecule is CN=C(NCc1ccc(C)cc1OCCOC)NCC(C)N(C)C1CC1.I. The first kappa shape index (κ1) is 24.0. The molecule has 27 heavy (non-hydrogen) atoms. The van der Waals surface area contributed by atoms with Crippen molar-refractivity contribution in [2.75, 3.05) is 41.0 Å². The fourth-order valence-corrected chi connectivity index (χ4v) is 2.81. The molecule has 1 aliphatic carbocycles. The van der Waals surface area contributed by atoms with Crippen LogP contribution in [0.3, 0.4) is 0 Å². The van der Waals surface area contributed by atoms with E-state index in [9.17, 15) is 0 Å². The maximum Gasteiger partial charge on any atom is 0.191 e. The van der Waals surface area contributed by atoms with Gasteiger partial charge in [-0.05, 0) is 45.4 Å². The maximum absolute atomic E-state index is 5.86. The van der Waals surface area contributed by atoms with E-state index in [1.165, 1.54) is 18.4 Å². The highest BCUT2D eigenvalue weighted by atomic mass is 127. The van der Waals surface area contributed by atoms with Gasteiger partial charge >= 0.3 is 0 Å². The fraction of sp³-hybridized carbons (Fsp3) is 0.650. The molecule has 1 aromatic rings. The summed E-state index contributed by atoms with van der Waals surface area (Å²) in [6.07, 6.45) is 2.65. The zero-order valence-corrected chi connectivity index (χ0v) is 19.6. The minimum absolute atomic E-state index is 0. The molecule has 1 atom stereocenters. The number of halogens is 1. The lowest BCUT2D eigenvalue weighted by Crippen LogP contribution is -2.45. The second-order valence-corrected chi connectivity index (χ2v) is 7.00. The van der Waals surface area contributed by atoms with Gasteiger partial charge in [-0.3, -0.25) is 9.89 Å². The van der Waals surface area contributed by atoms with Crippen LogP contribution in [0.15, 0.2) is 23.2 Å². The summed E-state index contributed by atoms with van der Waals surface area (Å²) < 4.78 is 10.9. The van der Waals surface area contributed by atoms with E-state index in [2.05, 4.69) is 59.6 Å². The number of likely N-dealkylation sites (N-methyl/N-ethyl adjacent to an activating group) is 1. The predicted molar refractivity (Wildman–Crippen MR) is 122 cm³/mol. The molecule has 0 heterocycles. The summed E-state index contributed by atoms with van der Waals surface area (Å²) in [5.41, 5.74) is 2.29. The van der Waals surface area contributed by atoms with Crippen molar-refractivity contribution in [1.82, 2.24) is 15.5 Å². The van der Waals surface area contributed by atoms with Gasteiger partial charge in [0.05, 0.1) is 6.61 Å². The topological polar surface area (TPSA) is 58.1 Å². The van der Waals surface area contributed by atoms with Gasteiger partial charge in [-0.2, -0.15) is 0 Å². The number of hydrogen-bond donors (Lipinski definition) is 2. The van der Waals surface area contributed by atoms with Gasteiger partial charge in [0.15, 0.2) is 5.96 Å². The Bertz CT molecular complexity index is 593. The van der Waals surface area contributed by atoms with Crippen molar-refractivity contribution in [1.29, 1.82) is 0 Å². The van der Waals surface area contributed by atoms with Crippen LogP contribution < -0.4 is 15.4 Å². The molecule has 0 bridgehead atoms. The number of nitrogens with one attached hydrogen (secondary N) is 2. The minimum Gasteiger partial charge on any atom is -0.491 e. The highest BCUT2D eigenvalue weighted by Crippen LogP contribution is 2.26. The molecule has 2 rings (SSSR count). The Kier molecular flexibility index (Phi) is 11.0. The number of ether oxygens (including phenoxy) is 2. The van der Waals surface area contributed by atoms with Gasteiger partial charge in [-0.15, -0.1) is 24.0 Å². The number of hydrogen-bond acceptors (Lipinski definition) is 4. The van der Waals surface area contributed by atoms with Gasteiger partial charge in [-0.1, -0.05) is 12.1 Å². The molecule has 2 N–H and O–H groups in total. The number of guanidine groups is 1. The summed E-state index contributed by atoms with van der Waals surface area (Å²) in [4.78, 5) is 6.78. The highest BCUT2D eigenvalue weighted by Gasteiger charge is 2.28. The molecule has 0 aliphatic heterocycles. The molecular weight excluding hydrogens is 455 g/mol. The third-order valence-corrected chi connectivity index (χ3v) is 4.82. The van der Waals surface area contributed by atoms with Crippen LogP contribution in [0, 0.1) is 6.92 Å². The minimum atomic E-state index is 0. The van der Waals surface area contributed by atoms with Gasteiger partial charge in [0, 0.05) is 44.9 Å². The van der Waals surface area contributed by atoms with E-state index < -0.39 is 0 Å². The molecule has 1 saturated carbocycles. The van der Waals surface area contributed by atoms with E-state index in [-0.39, 0.29) is 24.0 Å². The van der Waals surface area contributed by atoms with Crippen molar-refractivity contribution < 1.29 is 9.47 Å². The number of aryl methyl sites for hydroxylation is 1. The van der Waals surface area contributed by atoms with Gasteiger partial charge in [0.2, 0.25) is 0 Å². The van der Waals surface area contributed by atoms with E-state index >= 15 is 0 Å². The Balaban J connectivity index is 0.00000364. The number of methoxy groups -OCH3 is 1. The van der Waals surface area contributed by atoms with Crippen LogP contribution in [0.1, 0.15) is 30.9 Å². The summed E-state index contributed by atoms with van der Waals surface area (Å²) >= 11 is 0. The molecule has 0 saturated heterocycles. The van der Waals surface area contributed by atoms with Crippen LogP contribution >= 0.6 is 24.0 Å². The quantitative estimate of drug-likeness (QED) is 0.229. The molecule has 0 radical (unpaired) electrons. The van der Waals surface area contributed by atoms with Crippen molar-refractivity contribution >= 4 is 29.9 Å². The summed E-state index contributed by atoms with van der Waals surface area (Å²) in [6, 6.07) is 7.51. The smallest absolute Gasteiger partial charge is 0.191 e. The molecular formula is C20H35IN4O2. The average molecular weight is 490 g/mol. The summed E-state index contributed by atoms with van der Waals surface area (Å²) in [5.74, 6) is 1.70. The monoisotopic (exact) mass is 490 g/mol. The molecule has 7 heteroatoms. The number of nitrogens with zero attached hydrogens (tertiary/aromatic N) is 2. The molecule has 0 spiro atoms. The Morgan fingerprint density at radius 3 is 2.67 bits per heavy atom. The zero-order valence-electron chi connectivity index (χ0n) is 17.2. The van der Waals surface area contributed by atoms with E-state index in [0.717, 1.165) is 29.9 Å². The lowest BCUT2D eigenvalue weighted by molar-refractivity contribution is 0.145. The highest BCUT2D eigenvalue weighted by molar-refractivity contribution is 14.0. The van der Waals surface area contributed by atoms with Gasteiger partial charge in [0.25, 0.3) is 0 Å². The van der Waals surface area contributed by atoms with E-state index in [0.29, 0.717) is 25.8 Å². The third kappa shape index (κ3) is 8.23. The second-order valence-electron chi connectivity index (χ2n) is 7.00. The molecule has 0 amide bonds. The fourth-order valence-electron chi connectivity index (χ4n) is 2.81. The van der Waals surface area contributed by atoms with E-state index in [1.807, 2.05) is 0 Å². The second kappa shape index (κ2) is 12.4. The van der Waals surface area contributed by atoms with Crippen molar-refractivity contribution in [2.24, 2.45) is 4.99 Å². The van der Waals surface area contributed by atoms with Crippen LogP contribution in [0.5, 0.6) is 5.75 Å². The van der Waals surface area contributed by atoms with Crippen LogP contribution in [-0.2, 0) is 11.3 Å². The Hall–Kier alpha value is -1.06. The van der Waals surface area contributed by atoms with Gasteiger partial charge < -0.3 is 20.1 Å². The lowest BCUT2D eigenvalue weighted by atomic mass is 10.1. The first-order valence-corrected chi connectivity index (χ1v) is 9.42. The van der Waals surface area contributed by atoms with Crippen LogP contribution in [0.2, 0.25) is 0 Å².